The van der Waals surface area contributed by atoms with Gasteiger partial charge in [-0.3, -0.25) is 19.4 Å². The molecule has 42 heavy (non-hydrogen) atoms. The number of carboxylic acids is 2. The first-order valence-electron chi connectivity index (χ1n) is 13.0. The van der Waals surface area contributed by atoms with Crippen molar-refractivity contribution in [3.8, 4) is 0 Å². The smallest absolute Gasteiger partial charge is 0.435 e. The van der Waals surface area contributed by atoms with E-state index in [1.54, 1.807) is 37.3 Å². The number of rotatable bonds is 7. The van der Waals surface area contributed by atoms with Crippen molar-refractivity contribution in [1.29, 1.82) is 0 Å². The van der Waals surface area contributed by atoms with E-state index < -0.39 is 23.8 Å². The molecule has 0 aliphatic carbocycles. The number of anilines is 1. The number of aromatic nitrogens is 2. The first-order valence-corrected chi connectivity index (χ1v) is 13.0. The Morgan fingerprint density at radius 1 is 0.929 bits per heavy atom. The largest absolute Gasteiger partial charge is 0.478 e. The summed E-state index contributed by atoms with van der Waals surface area (Å²) in [6.45, 7) is 5.44. The van der Waals surface area contributed by atoms with Crippen molar-refractivity contribution in [2.24, 2.45) is 0 Å². The molecule has 13 nitrogen and oxygen atoms in total. The number of amides is 2. The molecule has 0 saturated carbocycles. The second kappa shape index (κ2) is 13.0. The van der Waals surface area contributed by atoms with Crippen LogP contribution in [0.4, 0.5) is 15.0 Å². The van der Waals surface area contributed by atoms with Crippen molar-refractivity contribution < 1.29 is 43.3 Å². The van der Waals surface area contributed by atoms with Gasteiger partial charge in [0.15, 0.2) is 5.82 Å². The van der Waals surface area contributed by atoms with Gasteiger partial charge in [0.05, 0.1) is 23.3 Å². The summed E-state index contributed by atoms with van der Waals surface area (Å²) >= 11 is 0. The van der Waals surface area contributed by atoms with Crippen LogP contribution in [0.1, 0.15) is 27.6 Å². The van der Waals surface area contributed by atoms with Crippen LogP contribution < -0.4 is 4.90 Å². The molecule has 0 unspecified atom stereocenters. The summed E-state index contributed by atoms with van der Waals surface area (Å²) in [5.74, 6) is -2.87. The minimum absolute atomic E-state index is 0.191. The number of benzene rings is 2. The number of hydrogen-bond acceptors (Lipinski definition) is 9. The van der Waals surface area contributed by atoms with E-state index in [0.29, 0.717) is 79.3 Å². The summed E-state index contributed by atoms with van der Waals surface area (Å²) in [4.78, 5) is 62.1. The van der Waals surface area contributed by atoms with Crippen LogP contribution in [0.3, 0.4) is 0 Å². The molecule has 0 atom stereocenters. The number of carbonyl (C=O) groups excluding carboxylic acids is 3. The van der Waals surface area contributed by atoms with Gasteiger partial charge in [0.25, 0.3) is 11.8 Å². The molecular weight excluding hydrogens is 553 g/mol. The third-order valence-corrected chi connectivity index (χ3v) is 6.62. The van der Waals surface area contributed by atoms with Crippen LogP contribution in [0.15, 0.2) is 54.6 Å². The zero-order valence-corrected chi connectivity index (χ0v) is 22.6. The number of piperazine rings is 1. The second-order valence-corrected chi connectivity index (χ2v) is 9.24. The van der Waals surface area contributed by atoms with E-state index in [1.807, 2.05) is 0 Å². The van der Waals surface area contributed by atoms with Gasteiger partial charge in [-0.2, -0.15) is 4.68 Å². The van der Waals surface area contributed by atoms with E-state index >= 15 is 0 Å². The van der Waals surface area contributed by atoms with Gasteiger partial charge >= 0.3 is 18.0 Å². The molecule has 5 rings (SSSR count). The van der Waals surface area contributed by atoms with Gasteiger partial charge in [-0.25, -0.2) is 18.8 Å². The highest BCUT2D eigenvalue weighted by Gasteiger charge is 2.35. The molecule has 1 aromatic heterocycles. The highest BCUT2D eigenvalue weighted by Crippen LogP contribution is 2.28. The lowest BCUT2D eigenvalue weighted by Gasteiger charge is -2.35. The Labute approximate surface area is 239 Å². The molecule has 2 amide bonds. The van der Waals surface area contributed by atoms with Crippen molar-refractivity contribution in [2.75, 3.05) is 50.8 Å². The Kier molecular flexibility index (Phi) is 9.27. The number of ether oxygens (including phenoxy) is 1. The van der Waals surface area contributed by atoms with Gasteiger partial charge in [0.1, 0.15) is 5.82 Å². The van der Waals surface area contributed by atoms with E-state index in [1.165, 1.54) is 17.0 Å². The van der Waals surface area contributed by atoms with E-state index in [-0.39, 0.29) is 18.4 Å². The molecule has 2 aliphatic rings. The minimum Gasteiger partial charge on any atom is -0.478 e. The first-order chi connectivity index (χ1) is 20.1. The molecule has 3 heterocycles. The predicted molar refractivity (Wildman–Crippen MR) is 147 cm³/mol. The zero-order chi connectivity index (χ0) is 30.4. The van der Waals surface area contributed by atoms with E-state index in [4.69, 9.17) is 14.9 Å². The Morgan fingerprint density at radius 3 is 2.07 bits per heavy atom. The lowest BCUT2D eigenvalue weighted by Crippen LogP contribution is -2.49. The average Bonchev–Trinajstić information content (AvgIpc) is 3.46. The highest BCUT2D eigenvalue weighted by molar-refractivity contribution is 6.21. The summed E-state index contributed by atoms with van der Waals surface area (Å²) in [5, 5.41) is 20.7. The van der Waals surface area contributed by atoms with Crippen molar-refractivity contribution in [3.05, 3.63) is 71.6 Å². The fraction of sp³-hybridized carbons (Fsp3) is 0.286. The molecule has 2 aliphatic heterocycles. The summed E-state index contributed by atoms with van der Waals surface area (Å²) in [6, 6.07) is 11.1. The molecule has 2 N–H and O–H groups in total. The summed E-state index contributed by atoms with van der Waals surface area (Å²) in [5.41, 5.74) is 1.28. The predicted octanol–water partition coefficient (Wildman–Crippen LogP) is 2.31. The van der Waals surface area contributed by atoms with Crippen LogP contribution in [0.5, 0.6) is 0 Å². The monoisotopic (exact) mass is 581 g/mol. The summed E-state index contributed by atoms with van der Waals surface area (Å²) in [6.07, 6.45) is 0.467. The zero-order valence-electron chi connectivity index (χ0n) is 22.6. The summed E-state index contributed by atoms with van der Waals surface area (Å²) in [7, 11) is 0. The molecule has 2 aromatic carbocycles. The van der Waals surface area contributed by atoms with E-state index in [2.05, 4.69) is 14.9 Å². The first kappa shape index (κ1) is 29.9. The molecule has 14 heteroatoms. The number of carboxylic acid groups (broad SMARTS) is 2. The fourth-order valence-electron chi connectivity index (χ4n) is 4.64. The molecule has 0 spiro atoms. The molecule has 3 aromatic rings. The van der Waals surface area contributed by atoms with Crippen LogP contribution >= 0.6 is 0 Å². The lowest BCUT2D eigenvalue weighted by atomic mass is 10.1. The topological polar surface area (TPSA) is 163 Å². The van der Waals surface area contributed by atoms with Gasteiger partial charge in [0.2, 0.25) is 0 Å². The second-order valence-electron chi connectivity index (χ2n) is 9.24. The van der Waals surface area contributed by atoms with E-state index in [9.17, 15) is 28.4 Å². The third-order valence-electron chi connectivity index (χ3n) is 6.62. The van der Waals surface area contributed by atoms with Crippen molar-refractivity contribution in [3.63, 3.8) is 0 Å². The summed E-state index contributed by atoms with van der Waals surface area (Å²) < 4.78 is 20.0. The van der Waals surface area contributed by atoms with Crippen molar-refractivity contribution in [1.82, 2.24) is 19.6 Å². The molecule has 1 saturated heterocycles. The average molecular weight is 582 g/mol. The maximum absolute atomic E-state index is 13.9. The maximum Gasteiger partial charge on any atom is 0.435 e. The SMILES string of the molecule is CCOC(=O)n1nc(N2CCN(CCN3C(=O)c4ccccc4C3=O)CC2)c2ccc(F)cc21.O=C(O)C=CC(=O)O. The lowest BCUT2D eigenvalue weighted by molar-refractivity contribution is -0.134. The molecule has 0 radical (unpaired) electrons. The molecular formula is C28H28FN5O8. The Bertz CT molecular complexity index is 1510. The quantitative estimate of drug-likeness (QED) is 0.311. The van der Waals surface area contributed by atoms with Crippen LogP contribution in [-0.4, -0.2) is 106 Å². The number of halogens is 1. The van der Waals surface area contributed by atoms with Gasteiger partial charge in [0, 0.05) is 62.9 Å². The number of hydrogen-bond donors (Lipinski definition) is 2. The number of nitrogens with zero attached hydrogens (tertiary/aromatic N) is 5. The van der Waals surface area contributed by atoms with Crippen LogP contribution in [0, 0.1) is 5.82 Å². The van der Waals surface area contributed by atoms with Crippen molar-refractivity contribution >= 4 is 46.6 Å². The normalized spacial score (nSPS) is 15.1. The van der Waals surface area contributed by atoms with Crippen LogP contribution in [0.2, 0.25) is 0 Å². The maximum atomic E-state index is 13.9. The molecule has 220 valence electrons. The Hall–Kier alpha value is -5.11. The van der Waals surface area contributed by atoms with E-state index in [0.717, 1.165) is 4.68 Å². The van der Waals surface area contributed by atoms with Gasteiger partial charge in [-0.05, 0) is 31.2 Å². The minimum atomic E-state index is -1.26. The van der Waals surface area contributed by atoms with Crippen molar-refractivity contribution in [2.45, 2.75) is 6.92 Å². The van der Waals surface area contributed by atoms with Crippen LogP contribution in [0.25, 0.3) is 10.9 Å². The Morgan fingerprint density at radius 2 is 1.52 bits per heavy atom. The fourth-order valence-corrected chi connectivity index (χ4v) is 4.64. The number of fused-ring (bicyclic) bond motifs is 2. The molecule has 0 bridgehead atoms. The standard InChI is InChI=1S/C24H24FN5O4.C4H4O4/c1-2-34-24(33)30-20-15-16(25)7-8-19(20)21(26-30)28-12-9-27(10-13-28)11-14-29-22(31)17-5-3-4-6-18(17)23(29)32;5-3(6)1-2-4(7)8/h3-8,15H,2,9-14H2,1H3;1-2H,(H,5,6)(H,7,8). The molecule has 1 fully saturated rings. The van der Waals surface area contributed by atoms with Gasteiger partial charge < -0.3 is 19.8 Å². The Balaban J connectivity index is 0.000000446. The van der Waals surface area contributed by atoms with Gasteiger partial charge in [-0.15, -0.1) is 5.10 Å². The number of imide groups is 1. The van der Waals surface area contributed by atoms with Gasteiger partial charge in [-0.1, -0.05) is 12.1 Å². The number of aliphatic carboxylic acids is 2. The highest BCUT2D eigenvalue weighted by atomic mass is 19.1. The van der Waals surface area contributed by atoms with Crippen LogP contribution in [-0.2, 0) is 14.3 Å². The third kappa shape index (κ3) is 6.61. The number of carbonyl (C=O) groups is 5.